The van der Waals surface area contributed by atoms with Crippen molar-refractivity contribution >= 4 is 16.7 Å². The molecule has 0 saturated carbocycles. The minimum absolute atomic E-state index is 0.138. The lowest BCUT2D eigenvalue weighted by atomic mass is 9.95. The van der Waals surface area contributed by atoms with E-state index >= 15 is 0 Å². The lowest BCUT2D eigenvalue weighted by Crippen LogP contribution is -2.19. The lowest BCUT2D eigenvalue weighted by Gasteiger charge is -2.12. The van der Waals surface area contributed by atoms with Crippen LogP contribution in [0.1, 0.15) is 24.0 Å². The van der Waals surface area contributed by atoms with Crippen LogP contribution in [0.15, 0.2) is 36.4 Å². The Morgan fingerprint density at radius 3 is 2.37 bits per heavy atom. The highest BCUT2D eigenvalue weighted by Gasteiger charge is 2.29. The second-order valence-electron chi connectivity index (χ2n) is 4.44. The van der Waals surface area contributed by atoms with E-state index in [2.05, 4.69) is 0 Å². The van der Waals surface area contributed by atoms with E-state index in [-0.39, 0.29) is 5.56 Å². The van der Waals surface area contributed by atoms with E-state index in [0.29, 0.717) is 0 Å². The average Bonchev–Trinajstić information content (AvgIpc) is 2.37. The van der Waals surface area contributed by atoms with Gasteiger partial charge in [-0.05, 0) is 28.3 Å². The third-order valence-corrected chi connectivity index (χ3v) is 3.21. The molecule has 1 atom stereocenters. The van der Waals surface area contributed by atoms with E-state index in [4.69, 9.17) is 5.11 Å². The molecule has 0 aromatic heterocycles. The highest BCUT2D eigenvalue weighted by molar-refractivity contribution is 5.86. The van der Waals surface area contributed by atoms with E-state index in [1.54, 1.807) is 6.07 Å². The molecule has 2 nitrogen and oxygen atoms in total. The number of rotatable bonds is 4. The van der Waals surface area contributed by atoms with Crippen molar-refractivity contribution < 1.29 is 18.7 Å². The number of benzene rings is 2. The van der Waals surface area contributed by atoms with Crippen LogP contribution in [0.5, 0.6) is 0 Å². The zero-order valence-electron chi connectivity index (χ0n) is 10.4. The fraction of sp³-hybridized carbons (Fsp3) is 0.267. The number of halogens is 2. The van der Waals surface area contributed by atoms with Crippen LogP contribution in [0.4, 0.5) is 8.78 Å². The molecule has 0 radical (unpaired) electrons. The molecule has 0 amide bonds. The van der Waals surface area contributed by atoms with E-state index < -0.39 is 18.3 Å². The van der Waals surface area contributed by atoms with Gasteiger partial charge in [0.05, 0.1) is 0 Å². The predicted molar refractivity (Wildman–Crippen MR) is 69.7 cm³/mol. The highest BCUT2D eigenvalue weighted by Crippen LogP contribution is 2.27. The number of carbonyl (C=O) groups is 1. The minimum Gasteiger partial charge on any atom is -0.481 e. The van der Waals surface area contributed by atoms with Crippen molar-refractivity contribution in [1.82, 2.24) is 0 Å². The predicted octanol–water partition coefficient (Wildman–Crippen LogP) is 3.84. The van der Waals surface area contributed by atoms with Gasteiger partial charge in [0, 0.05) is 0 Å². The normalized spacial score (nSPS) is 12.8. The van der Waals surface area contributed by atoms with Crippen molar-refractivity contribution in [3.8, 4) is 0 Å². The van der Waals surface area contributed by atoms with Crippen molar-refractivity contribution in [1.29, 1.82) is 0 Å². The van der Waals surface area contributed by atoms with Crippen LogP contribution in [-0.4, -0.2) is 17.5 Å². The summed E-state index contributed by atoms with van der Waals surface area (Å²) in [5.41, 5.74) is 1.29. The molecule has 2 rings (SSSR count). The van der Waals surface area contributed by atoms with Crippen LogP contribution in [0.2, 0.25) is 0 Å². The molecule has 0 spiro atoms. The maximum atomic E-state index is 12.8. The lowest BCUT2D eigenvalue weighted by molar-refractivity contribution is -0.142. The summed E-state index contributed by atoms with van der Waals surface area (Å²) in [6, 6.07) is 10.4. The van der Waals surface area contributed by atoms with Gasteiger partial charge in [-0.1, -0.05) is 43.3 Å². The Kier molecular flexibility index (Phi) is 3.79. The van der Waals surface area contributed by atoms with Crippen molar-refractivity contribution in [2.45, 2.75) is 25.7 Å². The second kappa shape index (κ2) is 5.34. The SMILES string of the molecule is CCc1ccc2cc(C(C(=O)O)C(F)F)ccc2c1. The van der Waals surface area contributed by atoms with E-state index in [0.717, 1.165) is 22.8 Å². The summed E-state index contributed by atoms with van der Waals surface area (Å²) in [5, 5.41) is 10.6. The number of carboxylic acids is 1. The molecule has 0 aliphatic rings. The third kappa shape index (κ3) is 2.72. The van der Waals surface area contributed by atoms with Crippen LogP contribution < -0.4 is 0 Å². The minimum atomic E-state index is -2.91. The Morgan fingerprint density at radius 1 is 1.16 bits per heavy atom. The van der Waals surface area contributed by atoms with Crippen LogP contribution >= 0.6 is 0 Å². The summed E-state index contributed by atoms with van der Waals surface area (Å²) in [6.07, 6.45) is -2.02. The monoisotopic (exact) mass is 264 g/mol. The average molecular weight is 264 g/mol. The Hall–Kier alpha value is -1.97. The molecule has 1 unspecified atom stereocenters. The number of hydrogen-bond acceptors (Lipinski definition) is 1. The van der Waals surface area contributed by atoms with Crippen molar-refractivity contribution in [2.75, 3.05) is 0 Å². The Morgan fingerprint density at radius 2 is 1.79 bits per heavy atom. The smallest absolute Gasteiger partial charge is 0.316 e. The molecule has 4 heteroatoms. The number of hydrogen-bond donors (Lipinski definition) is 1. The molecule has 0 saturated heterocycles. The first-order chi connectivity index (χ1) is 9.02. The number of carboxylic acid groups (broad SMARTS) is 1. The van der Waals surface area contributed by atoms with Gasteiger partial charge >= 0.3 is 5.97 Å². The summed E-state index contributed by atoms with van der Waals surface area (Å²) < 4.78 is 25.5. The van der Waals surface area contributed by atoms with Crippen molar-refractivity contribution in [2.24, 2.45) is 0 Å². The molecule has 0 aliphatic heterocycles. The van der Waals surface area contributed by atoms with Crippen molar-refractivity contribution in [3.05, 3.63) is 47.5 Å². The molecule has 0 heterocycles. The molecule has 2 aromatic carbocycles. The molecule has 0 fully saturated rings. The summed E-state index contributed by atoms with van der Waals surface area (Å²) in [7, 11) is 0. The summed E-state index contributed by atoms with van der Waals surface area (Å²) in [4.78, 5) is 10.9. The van der Waals surface area contributed by atoms with Crippen LogP contribution in [0.25, 0.3) is 10.8 Å². The number of fused-ring (bicyclic) bond motifs is 1. The third-order valence-electron chi connectivity index (χ3n) is 3.21. The Bertz CT molecular complexity index is 608. The first kappa shape index (κ1) is 13.5. The Balaban J connectivity index is 2.49. The molecule has 0 aliphatic carbocycles. The molecular weight excluding hydrogens is 250 g/mol. The fourth-order valence-corrected chi connectivity index (χ4v) is 2.12. The molecule has 2 aromatic rings. The molecule has 100 valence electrons. The maximum Gasteiger partial charge on any atom is 0.316 e. The van der Waals surface area contributed by atoms with Gasteiger partial charge in [-0.2, -0.15) is 0 Å². The number of alkyl halides is 2. The van der Waals surface area contributed by atoms with Gasteiger partial charge < -0.3 is 5.11 Å². The number of aliphatic carboxylic acids is 1. The van der Waals surface area contributed by atoms with Gasteiger partial charge in [-0.25, -0.2) is 8.78 Å². The van der Waals surface area contributed by atoms with E-state index in [9.17, 15) is 13.6 Å². The van der Waals surface area contributed by atoms with Gasteiger partial charge in [0.1, 0.15) is 5.92 Å². The molecule has 0 bridgehead atoms. The van der Waals surface area contributed by atoms with Crippen LogP contribution in [0, 0.1) is 0 Å². The highest BCUT2D eigenvalue weighted by atomic mass is 19.3. The topological polar surface area (TPSA) is 37.3 Å². The number of aryl methyl sites for hydroxylation is 1. The van der Waals surface area contributed by atoms with E-state index in [1.165, 1.54) is 12.1 Å². The second-order valence-corrected chi connectivity index (χ2v) is 4.44. The van der Waals surface area contributed by atoms with E-state index in [1.807, 2.05) is 25.1 Å². The quantitative estimate of drug-likeness (QED) is 0.911. The molecule has 1 N–H and O–H groups in total. The summed E-state index contributed by atoms with van der Waals surface area (Å²) in [5.74, 6) is -3.27. The first-order valence-electron chi connectivity index (χ1n) is 6.06. The fourth-order valence-electron chi connectivity index (χ4n) is 2.12. The van der Waals surface area contributed by atoms with Gasteiger partial charge in [0.15, 0.2) is 0 Å². The van der Waals surface area contributed by atoms with Gasteiger partial charge in [-0.15, -0.1) is 0 Å². The largest absolute Gasteiger partial charge is 0.481 e. The Labute approximate surface area is 109 Å². The van der Waals surface area contributed by atoms with Gasteiger partial charge in [-0.3, -0.25) is 4.79 Å². The summed E-state index contributed by atoms with van der Waals surface area (Å²) in [6.45, 7) is 2.03. The molecular formula is C15H14F2O2. The van der Waals surface area contributed by atoms with Crippen molar-refractivity contribution in [3.63, 3.8) is 0 Å². The maximum absolute atomic E-state index is 12.8. The first-order valence-corrected chi connectivity index (χ1v) is 6.06. The zero-order valence-corrected chi connectivity index (χ0v) is 10.4. The van der Waals surface area contributed by atoms with Crippen LogP contribution in [-0.2, 0) is 11.2 Å². The van der Waals surface area contributed by atoms with Gasteiger partial charge in [0.25, 0.3) is 6.43 Å². The van der Waals surface area contributed by atoms with Gasteiger partial charge in [0.2, 0.25) is 0 Å². The standard InChI is InChI=1S/C15H14F2O2/c1-2-9-3-4-11-8-12(6-5-10(11)7-9)13(14(16)17)15(18)19/h3-8,13-14H,2H2,1H3,(H,18,19). The molecule has 19 heavy (non-hydrogen) atoms. The zero-order chi connectivity index (χ0) is 14.0. The van der Waals surface area contributed by atoms with Crippen LogP contribution in [0.3, 0.4) is 0 Å². The summed E-state index contributed by atoms with van der Waals surface area (Å²) >= 11 is 0.